The molecule has 0 radical (unpaired) electrons. The van der Waals surface area contributed by atoms with Gasteiger partial charge in [-0.3, -0.25) is 4.79 Å². The van der Waals surface area contributed by atoms with Crippen LogP contribution in [0.1, 0.15) is 18.4 Å². The molecule has 0 unspecified atom stereocenters. The number of hydrogen-bond donors (Lipinski definition) is 0. The Morgan fingerprint density at radius 3 is 2.57 bits per heavy atom. The number of rotatable bonds is 1. The summed E-state index contributed by atoms with van der Waals surface area (Å²) in [7, 11) is 1.39. The maximum absolute atomic E-state index is 12.7. The molecule has 5 nitrogen and oxygen atoms in total. The summed E-state index contributed by atoms with van der Waals surface area (Å²) in [4.78, 5) is 27.8. The maximum atomic E-state index is 12.7. The maximum Gasteiger partial charge on any atom is 0.409 e. The van der Waals surface area contributed by atoms with Gasteiger partial charge in [0.1, 0.15) is 0 Å². The quantitative estimate of drug-likeness (QED) is 0.794. The first-order valence-electron chi connectivity index (χ1n) is 7.43. The van der Waals surface area contributed by atoms with Crippen molar-refractivity contribution in [1.29, 1.82) is 0 Å². The van der Waals surface area contributed by atoms with E-state index in [1.165, 1.54) is 12.7 Å². The molecule has 1 aromatic carbocycles. The summed E-state index contributed by atoms with van der Waals surface area (Å²) in [6.45, 7) is 1.96. The van der Waals surface area contributed by atoms with E-state index in [1.54, 1.807) is 4.90 Å². The first kappa shape index (κ1) is 13.9. The molecule has 2 heterocycles. The molecule has 0 aliphatic carbocycles. The standard InChI is InChI=1S/C16H20N2O3/c1-21-16(20)17-9-6-13(7-10-17)15(19)18-11-8-12-4-2-3-5-14(12)18/h2-5,13H,6-11H2,1H3. The smallest absolute Gasteiger partial charge is 0.409 e. The molecule has 2 amide bonds. The van der Waals surface area contributed by atoms with Crippen molar-refractivity contribution in [2.24, 2.45) is 5.92 Å². The van der Waals surface area contributed by atoms with Crippen molar-refractivity contribution in [2.75, 3.05) is 31.6 Å². The molecule has 5 heteroatoms. The number of carbonyl (C=O) groups is 2. The van der Waals surface area contributed by atoms with Crippen LogP contribution in [-0.4, -0.2) is 43.6 Å². The van der Waals surface area contributed by atoms with Crippen molar-refractivity contribution in [3.63, 3.8) is 0 Å². The number of hydrogen-bond acceptors (Lipinski definition) is 3. The van der Waals surface area contributed by atoms with Gasteiger partial charge in [0, 0.05) is 31.2 Å². The molecule has 0 atom stereocenters. The van der Waals surface area contributed by atoms with Crippen molar-refractivity contribution in [2.45, 2.75) is 19.3 Å². The van der Waals surface area contributed by atoms with Gasteiger partial charge in [-0.15, -0.1) is 0 Å². The largest absolute Gasteiger partial charge is 0.453 e. The van der Waals surface area contributed by atoms with Gasteiger partial charge in [-0.25, -0.2) is 4.79 Å². The van der Waals surface area contributed by atoms with Crippen molar-refractivity contribution in [1.82, 2.24) is 4.90 Å². The van der Waals surface area contributed by atoms with E-state index in [1.807, 2.05) is 23.1 Å². The number of nitrogens with zero attached hydrogens (tertiary/aromatic N) is 2. The molecule has 112 valence electrons. The fraction of sp³-hybridized carbons (Fsp3) is 0.500. The molecule has 2 aliphatic rings. The fourth-order valence-corrected chi connectivity index (χ4v) is 3.23. The van der Waals surface area contributed by atoms with Crippen LogP contribution in [-0.2, 0) is 16.0 Å². The lowest BCUT2D eigenvalue weighted by Gasteiger charge is -2.32. The number of carbonyl (C=O) groups excluding carboxylic acids is 2. The van der Waals surface area contributed by atoms with Crippen molar-refractivity contribution in [3.8, 4) is 0 Å². The zero-order valence-electron chi connectivity index (χ0n) is 12.2. The summed E-state index contributed by atoms with van der Waals surface area (Å²) in [6, 6.07) is 8.10. The highest BCUT2D eigenvalue weighted by molar-refractivity contribution is 5.97. The van der Waals surface area contributed by atoms with Gasteiger partial charge >= 0.3 is 6.09 Å². The Morgan fingerprint density at radius 2 is 1.86 bits per heavy atom. The van der Waals surface area contributed by atoms with E-state index in [0.29, 0.717) is 25.9 Å². The van der Waals surface area contributed by atoms with Gasteiger partial charge in [0.15, 0.2) is 0 Å². The summed E-state index contributed by atoms with van der Waals surface area (Å²) >= 11 is 0. The topological polar surface area (TPSA) is 49.9 Å². The predicted octanol–water partition coefficient (Wildman–Crippen LogP) is 2.05. The van der Waals surface area contributed by atoms with Gasteiger partial charge in [-0.1, -0.05) is 18.2 Å². The molecule has 1 saturated heterocycles. The van der Waals surface area contributed by atoms with E-state index in [9.17, 15) is 9.59 Å². The number of amides is 2. The second kappa shape index (κ2) is 5.76. The van der Waals surface area contributed by atoms with Gasteiger partial charge in [-0.05, 0) is 30.9 Å². The first-order chi connectivity index (χ1) is 10.2. The predicted molar refractivity (Wildman–Crippen MR) is 79.2 cm³/mol. The lowest BCUT2D eigenvalue weighted by Crippen LogP contribution is -2.44. The van der Waals surface area contributed by atoms with E-state index in [-0.39, 0.29) is 17.9 Å². The number of fused-ring (bicyclic) bond motifs is 1. The first-order valence-corrected chi connectivity index (χ1v) is 7.43. The molecule has 0 N–H and O–H groups in total. The van der Waals surface area contributed by atoms with Crippen molar-refractivity contribution >= 4 is 17.7 Å². The molecule has 0 spiro atoms. The molecule has 1 fully saturated rings. The third kappa shape index (κ3) is 2.60. The van der Waals surface area contributed by atoms with E-state index < -0.39 is 0 Å². The van der Waals surface area contributed by atoms with Crippen LogP contribution in [0.3, 0.4) is 0 Å². The monoisotopic (exact) mass is 288 g/mol. The minimum atomic E-state index is -0.299. The van der Waals surface area contributed by atoms with Crippen LogP contribution in [0.15, 0.2) is 24.3 Å². The highest BCUT2D eigenvalue weighted by Gasteiger charge is 2.33. The van der Waals surface area contributed by atoms with Crippen LogP contribution in [0.25, 0.3) is 0 Å². The highest BCUT2D eigenvalue weighted by Crippen LogP contribution is 2.30. The van der Waals surface area contributed by atoms with E-state index in [0.717, 1.165) is 18.7 Å². The molecular formula is C16H20N2O3. The Morgan fingerprint density at radius 1 is 1.14 bits per heavy atom. The normalized spacial score (nSPS) is 18.5. The number of para-hydroxylation sites is 1. The summed E-state index contributed by atoms with van der Waals surface area (Å²) in [6.07, 6.45) is 2.06. The molecule has 0 saturated carbocycles. The average Bonchev–Trinajstić information content (AvgIpc) is 2.97. The summed E-state index contributed by atoms with van der Waals surface area (Å²) in [5, 5.41) is 0. The second-order valence-electron chi connectivity index (χ2n) is 5.60. The van der Waals surface area contributed by atoms with Crippen LogP contribution < -0.4 is 4.90 Å². The number of ether oxygens (including phenoxy) is 1. The Kier molecular flexibility index (Phi) is 3.82. The average molecular weight is 288 g/mol. The SMILES string of the molecule is COC(=O)N1CCC(C(=O)N2CCc3ccccc32)CC1. The molecular weight excluding hydrogens is 268 g/mol. The fourth-order valence-electron chi connectivity index (χ4n) is 3.23. The van der Waals surface area contributed by atoms with E-state index in [2.05, 4.69) is 6.07 Å². The summed E-state index contributed by atoms with van der Waals surface area (Å²) < 4.78 is 4.72. The number of methoxy groups -OCH3 is 1. The molecule has 1 aromatic rings. The Balaban J connectivity index is 1.64. The van der Waals surface area contributed by atoms with Crippen molar-refractivity contribution in [3.05, 3.63) is 29.8 Å². The summed E-state index contributed by atoms with van der Waals surface area (Å²) in [5.74, 6) is 0.210. The molecule has 0 bridgehead atoms. The van der Waals surface area contributed by atoms with Crippen LogP contribution in [0, 0.1) is 5.92 Å². The lowest BCUT2D eigenvalue weighted by atomic mass is 9.95. The Hall–Kier alpha value is -2.04. The number of likely N-dealkylation sites (tertiary alicyclic amines) is 1. The lowest BCUT2D eigenvalue weighted by molar-refractivity contribution is -0.123. The third-order valence-electron chi connectivity index (χ3n) is 4.43. The van der Waals surface area contributed by atoms with Crippen LogP contribution >= 0.6 is 0 Å². The minimum absolute atomic E-state index is 0.0112. The van der Waals surface area contributed by atoms with E-state index >= 15 is 0 Å². The number of anilines is 1. The second-order valence-corrected chi connectivity index (χ2v) is 5.60. The van der Waals surface area contributed by atoms with Gasteiger partial charge in [0.05, 0.1) is 7.11 Å². The van der Waals surface area contributed by atoms with Crippen molar-refractivity contribution < 1.29 is 14.3 Å². The van der Waals surface area contributed by atoms with Gasteiger partial charge in [0.25, 0.3) is 0 Å². The third-order valence-corrected chi connectivity index (χ3v) is 4.43. The van der Waals surface area contributed by atoms with Gasteiger partial charge in [0.2, 0.25) is 5.91 Å². The van der Waals surface area contributed by atoms with Crippen LogP contribution in [0.5, 0.6) is 0 Å². The Bertz CT molecular complexity index is 550. The zero-order chi connectivity index (χ0) is 14.8. The highest BCUT2D eigenvalue weighted by atomic mass is 16.5. The van der Waals surface area contributed by atoms with Crippen LogP contribution in [0.2, 0.25) is 0 Å². The van der Waals surface area contributed by atoms with Gasteiger partial charge in [-0.2, -0.15) is 0 Å². The van der Waals surface area contributed by atoms with Crippen LogP contribution in [0.4, 0.5) is 10.5 Å². The minimum Gasteiger partial charge on any atom is -0.453 e. The molecule has 21 heavy (non-hydrogen) atoms. The molecule has 0 aromatic heterocycles. The molecule has 3 rings (SSSR count). The number of benzene rings is 1. The van der Waals surface area contributed by atoms with Gasteiger partial charge < -0.3 is 14.5 Å². The molecule has 2 aliphatic heterocycles. The Labute approximate surface area is 124 Å². The summed E-state index contributed by atoms with van der Waals surface area (Å²) in [5.41, 5.74) is 2.30. The number of piperidine rings is 1. The zero-order valence-corrected chi connectivity index (χ0v) is 12.2. The van der Waals surface area contributed by atoms with E-state index in [4.69, 9.17) is 4.74 Å².